The Morgan fingerprint density at radius 3 is 2.24 bits per heavy atom. The number of hydrogen-bond acceptors (Lipinski definition) is 5. The number of aliphatic carboxylic acids is 1. The summed E-state index contributed by atoms with van der Waals surface area (Å²) in [6, 6.07) is 15.6. The number of aryl methyl sites for hydroxylation is 1. The Bertz CT molecular complexity index is 1250. The number of carboxylic acid groups (broad SMARTS) is 1. The largest absolute Gasteiger partial charge is 0.478 e. The molecule has 37 heavy (non-hydrogen) atoms. The number of benzene rings is 2. The van der Waals surface area contributed by atoms with E-state index in [1.807, 2.05) is 30.3 Å². The Morgan fingerprint density at radius 2 is 1.68 bits per heavy atom. The molecule has 1 fully saturated rings. The van der Waals surface area contributed by atoms with Crippen molar-refractivity contribution in [3.05, 3.63) is 59.7 Å². The van der Waals surface area contributed by atoms with E-state index in [4.69, 9.17) is 10.1 Å². The third-order valence-corrected chi connectivity index (χ3v) is 7.88. The number of fused-ring (bicyclic) bond motifs is 1. The molecular weight excluding hydrogens is 468 g/mol. The summed E-state index contributed by atoms with van der Waals surface area (Å²) in [4.78, 5) is 30.7. The number of para-hydroxylation sites is 2. The average Bonchev–Trinajstić information content (AvgIpc) is 3.20. The first-order valence-corrected chi connectivity index (χ1v) is 13.0. The van der Waals surface area contributed by atoms with Gasteiger partial charge in [0.1, 0.15) is 0 Å². The summed E-state index contributed by atoms with van der Waals surface area (Å²) >= 11 is 0. The molecule has 8 heteroatoms. The molecule has 1 amide bonds. The van der Waals surface area contributed by atoms with Gasteiger partial charge in [-0.15, -0.1) is 0 Å². The number of imidazole rings is 1. The van der Waals surface area contributed by atoms with Gasteiger partial charge in [-0.1, -0.05) is 45.0 Å². The number of carbonyl (C=O) groups excluding carboxylic acids is 1. The second kappa shape index (κ2) is 10.5. The number of hydrogen-bond donors (Lipinski definition) is 3. The fraction of sp³-hybridized carbons (Fsp3) is 0.483. The van der Waals surface area contributed by atoms with Crippen LogP contribution >= 0.6 is 0 Å². The second-order valence-electron chi connectivity index (χ2n) is 11.3. The lowest BCUT2D eigenvalue weighted by Crippen LogP contribution is -2.42. The van der Waals surface area contributed by atoms with E-state index in [2.05, 4.69) is 55.6 Å². The molecule has 0 bridgehead atoms. The molecule has 1 heterocycles. The number of nitrogens with zero attached hydrogens (tertiary/aromatic N) is 3. The van der Waals surface area contributed by atoms with Gasteiger partial charge in [0.15, 0.2) is 0 Å². The first kappa shape index (κ1) is 26.7. The summed E-state index contributed by atoms with van der Waals surface area (Å²) in [7, 11) is 2.06. The molecule has 0 aliphatic heterocycles. The molecule has 3 aromatic rings. The molecule has 2 unspecified atom stereocenters. The van der Waals surface area contributed by atoms with E-state index in [0.29, 0.717) is 17.4 Å². The van der Waals surface area contributed by atoms with Crippen molar-refractivity contribution in [3.63, 3.8) is 0 Å². The topological polar surface area (TPSA) is 108 Å². The normalized spacial score (nSPS) is 19.8. The van der Waals surface area contributed by atoms with Gasteiger partial charge in [0.25, 0.3) is 5.91 Å². The zero-order valence-corrected chi connectivity index (χ0v) is 22.3. The van der Waals surface area contributed by atoms with E-state index in [0.717, 1.165) is 35.4 Å². The summed E-state index contributed by atoms with van der Waals surface area (Å²) in [5, 5.41) is 20.4. The predicted octanol–water partition coefficient (Wildman–Crippen LogP) is 4.88. The summed E-state index contributed by atoms with van der Waals surface area (Å²) in [5.74, 6) is -0.515. The summed E-state index contributed by atoms with van der Waals surface area (Å²) < 4.78 is 2.16. The molecule has 2 aromatic carbocycles. The molecule has 1 saturated carbocycles. The molecule has 2 atom stereocenters. The fourth-order valence-corrected chi connectivity index (χ4v) is 5.58. The zero-order valence-electron chi connectivity index (χ0n) is 22.3. The van der Waals surface area contributed by atoms with Crippen LogP contribution in [0.2, 0.25) is 0 Å². The van der Waals surface area contributed by atoms with Crippen LogP contribution in [0, 0.1) is 11.3 Å². The highest BCUT2D eigenvalue weighted by Crippen LogP contribution is 2.42. The maximum Gasteiger partial charge on any atom is 0.353 e. The van der Waals surface area contributed by atoms with E-state index in [9.17, 15) is 14.7 Å². The van der Waals surface area contributed by atoms with Gasteiger partial charge in [-0.25, -0.2) is 9.78 Å². The number of aromatic nitrogens is 2. The average molecular weight is 507 g/mol. The van der Waals surface area contributed by atoms with Crippen LogP contribution < -0.4 is 10.2 Å². The van der Waals surface area contributed by atoms with Crippen LogP contribution in [-0.4, -0.2) is 43.9 Å². The molecule has 1 aliphatic carbocycles. The Hall–Kier alpha value is -3.39. The lowest BCUT2D eigenvalue weighted by atomic mass is 9.71. The van der Waals surface area contributed by atoms with E-state index in [1.54, 1.807) is 12.1 Å². The van der Waals surface area contributed by atoms with Crippen molar-refractivity contribution in [1.82, 2.24) is 14.9 Å². The number of carbonyl (C=O) groups is 2. The number of rotatable bonds is 7. The predicted molar refractivity (Wildman–Crippen MR) is 144 cm³/mol. The standard InChI is InChI=1S/C29H38N4O4/c1-18(19-10-12-20(13-11-19)25(34)31-26(35)27(36)37)33(22-16-14-21(15-17-22)29(2,3)4)28-30-23-8-6-7-9-24(23)32(28)5/h6-13,18,21-22,26,35H,14-17H2,1-5H3,(H,31,34)(H,36,37). The summed E-state index contributed by atoms with van der Waals surface area (Å²) in [5.41, 5.74) is 3.66. The van der Waals surface area contributed by atoms with Crippen molar-refractivity contribution in [2.45, 2.75) is 71.7 Å². The van der Waals surface area contributed by atoms with Crippen LogP contribution in [0.5, 0.6) is 0 Å². The summed E-state index contributed by atoms with van der Waals surface area (Å²) in [6.45, 7) is 9.16. The maximum absolute atomic E-state index is 12.3. The van der Waals surface area contributed by atoms with Crippen molar-refractivity contribution < 1.29 is 19.8 Å². The number of aliphatic hydroxyl groups is 1. The van der Waals surface area contributed by atoms with Crippen molar-refractivity contribution in [2.24, 2.45) is 18.4 Å². The number of carboxylic acids is 1. The van der Waals surface area contributed by atoms with Crippen molar-refractivity contribution in [1.29, 1.82) is 0 Å². The number of anilines is 1. The van der Waals surface area contributed by atoms with Crippen molar-refractivity contribution in [2.75, 3.05) is 4.90 Å². The van der Waals surface area contributed by atoms with Gasteiger partial charge in [-0.2, -0.15) is 0 Å². The fourth-order valence-electron chi connectivity index (χ4n) is 5.58. The van der Waals surface area contributed by atoms with Gasteiger partial charge < -0.3 is 25.0 Å². The van der Waals surface area contributed by atoms with Crippen LogP contribution in [0.4, 0.5) is 5.95 Å². The van der Waals surface area contributed by atoms with Crippen molar-refractivity contribution >= 4 is 28.9 Å². The van der Waals surface area contributed by atoms with Crippen LogP contribution in [0.25, 0.3) is 11.0 Å². The van der Waals surface area contributed by atoms with E-state index < -0.39 is 18.1 Å². The number of amides is 1. The first-order valence-electron chi connectivity index (χ1n) is 13.0. The van der Waals surface area contributed by atoms with Crippen LogP contribution in [0.1, 0.15) is 75.3 Å². The van der Waals surface area contributed by atoms with E-state index >= 15 is 0 Å². The number of nitrogens with one attached hydrogen (secondary N) is 1. The third kappa shape index (κ3) is 5.64. The lowest BCUT2D eigenvalue weighted by Gasteiger charge is -2.44. The molecule has 4 rings (SSSR count). The Morgan fingerprint density at radius 1 is 1.05 bits per heavy atom. The number of aliphatic hydroxyl groups excluding tert-OH is 1. The quantitative estimate of drug-likeness (QED) is 0.394. The van der Waals surface area contributed by atoms with Gasteiger partial charge in [0.2, 0.25) is 12.2 Å². The molecule has 0 spiro atoms. The maximum atomic E-state index is 12.3. The van der Waals surface area contributed by atoms with Crippen LogP contribution in [0.15, 0.2) is 48.5 Å². The molecular formula is C29H38N4O4. The molecule has 3 N–H and O–H groups in total. The molecule has 0 radical (unpaired) electrons. The third-order valence-electron chi connectivity index (χ3n) is 7.88. The Balaban J connectivity index is 1.64. The molecule has 1 aromatic heterocycles. The van der Waals surface area contributed by atoms with Gasteiger partial charge in [0.05, 0.1) is 17.1 Å². The van der Waals surface area contributed by atoms with Gasteiger partial charge in [0, 0.05) is 18.7 Å². The second-order valence-corrected chi connectivity index (χ2v) is 11.3. The Labute approximate surface area is 218 Å². The molecule has 8 nitrogen and oxygen atoms in total. The van der Waals surface area contributed by atoms with Crippen LogP contribution in [0.3, 0.4) is 0 Å². The van der Waals surface area contributed by atoms with E-state index in [1.165, 1.54) is 12.8 Å². The molecule has 1 aliphatic rings. The highest BCUT2D eigenvalue weighted by atomic mass is 16.4. The molecule has 0 saturated heterocycles. The minimum Gasteiger partial charge on any atom is -0.478 e. The van der Waals surface area contributed by atoms with Gasteiger partial charge in [-0.05, 0) is 73.8 Å². The van der Waals surface area contributed by atoms with Gasteiger partial charge in [-0.3, -0.25) is 4.79 Å². The molecule has 198 valence electrons. The highest BCUT2D eigenvalue weighted by Gasteiger charge is 2.35. The minimum absolute atomic E-state index is 0.00609. The Kier molecular flexibility index (Phi) is 7.59. The van der Waals surface area contributed by atoms with Gasteiger partial charge >= 0.3 is 5.97 Å². The SMILES string of the molecule is CC(c1ccc(C(=O)NC(O)C(=O)O)cc1)N(c1nc2ccccc2n1C)C1CCC(C(C)(C)C)CC1. The van der Waals surface area contributed by atoms with Crippen LogP contribution in [-0.2, 0) is 11.8 Å². The zero-order chi connectivity index (χ0) is 26.9. The highest BCUT2D eigenvalue weighted by molar-refractivity contribution is 5.96. The van der Waals surface area contributed by atoms with Crippen molar-refractivity contribution in [3.8, 4) is 0 Å². The van der Waals surface area contributed by atoms with E-state index in [-0.39, 0.29) is 11.6 Å². The smallest absolute Gasteiger partial charge is 0.353 e. The minimum atomic E-state index is -1.94. The summed E-state index contributed by atoms with van der Waals surface area (Å²) in [6.07, 6.45) is 2.58. The first-order chi connectivity index (χ1) is 17.5. The monoisotopic (exact) mass is 506 g/mol. The lowest BCUT2D eigenvalue weighted by molar-refractivity contribution is -0.147.